The minimum absolute atomic E-state index is 0.154. The zero-order valence-electron chi connectivity index (χ0n) is 26.8. The van der Waals surface area contributed by atoms with Crippen molar-refractivity contribution in [3.05, 3.63) is 99.3 Å². The number of hydrogen-bond donors (Lipinski definition) is 1. The number of carbonyl (C=O) groups excluding carboxylic acids is 2. The van der Waals surface area contributed by atoms with E-state index in [0.717, 1.165) is 32.6 Å². The van der Waals surface area contributed by atoms with Crippen molar-refractivity contribution in [3.63, 3.8) is 0 Å². The molecular weight excluding hydrogens is 650 g/mol. The van der Waals surface area contributed by atoms with Crippen molar-refractivity contribution in [2.75, 3.05) is 51.1 Å². The van der Waals surface area contributed by atoms with Gasteiger partial charge in [-0.2, -0.15) is 0 Å². The van der Waals surface area contributed by atoms with Gasteiger partial charge >= 0.3 is 5.97 Å². The number of aromatic nitrogens is 2. The average Bonchev–Trinajstić information content (AvgIpc) is 3.70. The molecule has 1 aliphatic rings. The number of halogens is 1. The van der Waals surface area contributed by atoms with Crippen LogP contribution in [0, 0.1) is 17.7 Å². The molecule has 5 aromatic rings. The van der Waals surface area contributed by atoms with E-state index in [2.05, 4.69) is 32.0 Å². The van der Waals surface area contributed by atoms with Crippen LogP contribution in [-0.2, 0) is 24.1 Å². The SMILES string of the molecule is COC(=O)c1nc(N2CCc3cccc(C(=O)Nc4nc5ccccc5s4)c3C2)sc1CCCOc1ccc(C#CCN(C)C)cc1F. The molecule has 0 unspecified atom stereocenters. The molecule has 0 spiro atoms. The first-order chi connectivity index (χ1) is 23.3. The summed E-state index contributed by atoms with van der Waals surface area (Å²) in [5.41, 5.74) is 4.30. The van der Waals surface area contributed by atoms with E-state index < -0.39 is 11.8 Å². The van der Waals surface area contributed by atoms with Crippen LogP contribution in [0.3, 0.4) is 0 Å². The highest BCUT2D eigenvalue weighted by Gasteiger charge is 2.27. The van der Waals surface area contributed by atoms with Crippen molar-refractivity contribution in [1.29, 1.82) is 0 Å². The molecule has 1 amide bonds. The van der Waals surface area contributed by atoms with Gasteiger partial charge in [0.1, 0.15) is 0 Å². The second-order valence-corrected chi connectivity index (χ2v) is 13.5. The van der Waals surface area contributed by atoms with E-state index in [1.54, 1.807) is 12.1 Å². The van der Waals surface area contributed by atoms with Crippen LogP contribution >= 0.6 is 22.7 Å². The van der Waals surface area contributed by atoms with E-state index in [1.807, 2.05) is 61.5 Å². The van der Waals surface area contributed by atoms with Gasteiger partial charge in [-0.25, -0.2) is 19.2 Å². The van der Waals surface area contributed by atoms with E-state index >= 15 is 0 Å². The summed E-state index contributed by atoms with van der Waals surface area (Å²) in [4.78, 5) is 40.2. The lowest BCUT2D eigenvalue weighted by molar-refractivity contribution is 0.0593. The maximum absolute atomic E-state index is 14.6. The number of nitrogens with zero attached hydrogens (tertiary/aromatic N) is 4. The van der Waals surface area contributed by atoms with Crippen LogP contribution in [0.25, 0.3) is 10.2 Å². The van der Waals surface area contributed by atoms with Gasteiger partial charge in [0.15, 0.2) is 27.5 Å². The number of ether oxygens (including phenoxy) is 2. The Kier molecular flexibility index (Phi) is 10.3. The lowest BCUT2D eigenvalue weighted by atomic mass is 9.94. The summed E-state index contributed by atoms with van der Waals surface area (Å²) in [6.45, 7) is 1.98. The smallest absolute Gasteiger partial charge is 0.357 e. The first kappa shape index (κ1) is 33.1. The Morgan fingerprint density at radius 1 is 1.08 bits per heavy atom. The lowest BCUT2D eigenvalue weighted by Gasteiger charge is -2.29. The minimum atomic E-state index is -0.515. The Hall–Kier alpha value is -4.83. The number of nitrogens with one attached hydrogen (secondary N) is 1. The number of amides is 1. The fourth-order valence-corrected chi connectivity index (χ4v) is 7.33. The molecule has 2 aromatic heterocycles. The molecule has 0 aliphatic carbocycles. The molecule has 3 aromatic carbocycles. The number of rotatable bonds is 10. The van der Waals surface area contributed by atoms with Crippen molar-refractivity contribution in [1.82, 2.24) is 14.9 Å². The van der Waals surface area contributed by atoms with Crippen LogP contribution in [0.5, 0.6) is 5.75 Å². The van der Waals surface area contributed by atoms with E-state index in [9.17, 15) is 14.0 Å². The molecule has 0 bridgehead atoms. The summed E-state index contributed by atoms with van der Waals surface area (Å²) >= 11 is 2.86. The third-order valence-corrected chi connectivity index (χ3v) is 9.86. The number of fused-ring (bicyclic) bond motifs is 2. The van der Waals surface area contributed by atoms with E-state index in [-0.39, 0.29) is 24.0 Å². The summed E-state index contributed by atoms with van der Waals surface area (Å²) in [5, 5.41) is 4.20. The molecule has 3 heterocycles. The Bertz CT molecular complexity index is 2000. The number of aryl methyl sites for hydroxylation is 1. The van der Waals surface area contributed by atoms with Gasteiger partial charge in [-0.15, -0.1) is 11.3 Å². The first-order valence-corrected chi connectivity index (χ1v) is 17.1. The van der Waals surface area contributed by atoms with Crippen LogP contribution < -0.4 is 15.0 Å². The molecule has 0 radical (unpaired) electrons. The van der Waals surface area contributed by atoms with Crippen LogP contribution in [-0.4, -0.2) is 67.6 Å². The molecule has 9 nitrogen and oxygen atoms in total. The van der Waals surface area contributed by atoms with E-state index in [0.29, 0.717) is 53.9 Å². The quantitative estimate of drug-likeness (QED) is 0.102. The third kappa shape index (κ3) is 7.65. The van der Waals surface area contributed by atoms with Gasteiger partial charge in [0.2, 0.25) is 0 Å². The van der Waals surface area contributed by atoms with Gasteiger partial charge in [0, 0.05) is 29.1 Å². The topological polar surface area (TPSA) is 96.9 Å². The molecule has 1 aliphatic heterocycles. The Morgan fingerprint density at radius 2 is 1.94 bits per heavy atom. The normalized spacial score (nSPS) is 12.4. The third-order valence-electron chi connectivity index (χ3n) is 7.73. The highest BCUT2D eigenvalue weighted by Crippen LogP contribution is 2.34. The number of esters is 1. The second-order valence-electron chi connectivity index (χ2n) is 11.5. The second kappa shape index (κ2) is 14.9. The molecule has 0 saturated heterocycles. The number of methoxy groups -OCH3 is 1. The van der Waals surface area contributed by atoms with E-state index in [4.69, 9.17) is 9.47 Å². The van der Waals surface area contributed by atoms with Gasteiger partial charge in [-0.3, -0.25) is 15.0 Å². The van der Waals surface area contributed by atoms with Crippen molar-refractivity contribution >= 4 is 55.0 Å². The van der Waals surface area contributed by atoms with Crippen LogP contribution in [0.15, 0.2) is 60.7 Å². The summed E-state index contributed by atoms with van der Waals surface area (Å²) in [6.07, 6.45) is 1.76. The Labute approximate surface area is 286 Å². The van der Waals surface area contributed by atoms with Gasteiger partial charge in [-0.1, -0.05) is 47.4 Å². The van der Waals surface area contributed by atoms with Gasteiger partial charge < -0.3 is 14.4 Å². The molecule has 0 fully saturated rings. The highest BCUT2D eigenvalue weighted by atomic mass is 32.1. The number of anilines is 2. The molecule has 12 heteroatoms. The van der Waals surface area contributed by atoms with Gasteiger partial charge in [0.05, 0.1) is 30.5 Å². The molecular formula is C36H34FN5O4S2. The van der Waals surface area contributed by atoms with Crippen molar-refractivity contribution in [2.45, 2.75) is 25.8 Å². The summed E-state index contributed by atoms with van der Waals surface area (Å²) in [6, 6.07) is 18.2. The summed E-state index contributed by atoms with van der Waals surface area (Å²) in [7, 11) is 5.17. The number of para-hydroxylation sites is 1. The number of thiazole rings is 2. The maximum atomic E-state index is 14.6. The van der Waals surface area contributed by atoms with E-state index in [1.165, 1.54) is 35.8 Å². The molecule has 6 rings (SSSR count). The fourth-order valence-electron chi connectivity index (χ4n) is 5.36. The summed E-state index contributed by atoms with van der Waals surface area (Å²) in [5.74, 6) is 4.89. The zero-order valence-corrected chi connectivity index (χ0v) is 28.5. The predicted molar refractivity (Wildman–Crippen MR) is 188 cm³/mol. The average molecular weight is 684 g/mol. The standard InChI is InChI=1S/C36H34FN5O4S2/c1-41(2)18-7-9-23-15-16-29(27(37)21-23)46-20-8-14-31-32(34(44)45-3)39-36(48-31)42-19-17-24-10-6-11-25(26(24)22-42)33(43)40-35-38-28-12-4-5-13-30(28)47-35/h4-6,10-13,15-16,21H,8,14,17-20,22H2,1-3H3,(H,38,40,43). The Balaban J connectivity index is 1.12. The van der Waals surface area contributed by atoms with Gasteiger partial charge in [0.25, 0.3) is 5.91 Å². The molecule has 0 saturated carbocycles. The first-order valence-electron chi connectivity index (χ1n) is 15.5. The highest BCUT2D eigenvalue weighted by molar-refractivity contribution is 7.22. The number of hydrogen-bond acceptors (Lipinski definition) is 10. The minimum Gasteiger partial charge on any atom is -0.491 e. The fraction of sp³-hybridized carbons (Fsp3) is 0.278. The van der Waals surface area contributed by atoms with Crippen LogP contribution in [0.2, 0.25) is 0 Å². The van der Waals surface area contributed by atoms with Crippen molar-refractivity contribution in [3.8, 4) is 17.6 Å². The van der Waals surface area contributed by atoms with Crippen molar-refractivity contribution < 1.29 is 23.5 Å². The molecule has 0 atom stereocenters. The maximum Gasteiger partial charge on any atom is 0.357 e. The van der Waals surface area contributed by atoms with Crippen molar-refractivity contribution in [2.24, 2.45) is 0 Å². The zero-order chi connectivity index (χ0) is 33.6. The van der Waals surface area contributed by atoms with Crippen LogP contribution in [0.4, 0.5) is 14.7 Å². The Morgan fingerprint density at radius 3 is 2.73 bits per heavy atom. The van der Waals surface area contributed by atoms with Gasteiger partial charge in [-0.05, 0) is 80.9 Å². The predicted octanol–water partition coefficient (Wildman–Crippen LogP) is 6.42. The monoisotopic (exact) mass is 683 g/mol. The lowest BCUT2D eigenvalue weighted by Crippen LogP contribution is -2.32. The largest absolute Gasteiger partial charge is 0.491 e. The number of carbonyl (C=O) groups is 2. The van der Waals surface area contributed by atoms with Crippen LogP contribution in [0.1, 0.15) is 48.8 Å². The summed E-state index contributed by atoms with van der Waals surface area (Å²) < 4.78 is 26.4. The molecule has 48 heavy (non-hydrogen) atoms. The molecule has 1 N–H and O–H groups in total. The molecule has 246 valence electrons. The number of benzene rings is 3.